The monoisotopic (exact) mass is 253 g/mol. The zero-order valence-corrected chi connectivity index (χ0v) is 10.5. The van der Waals surface area contributed by atoms with Crippen molar-refractivity contribution in [2.45, 2.75) is 26.3 Å². The van der Waals surface area contributed by atoms with Crippen LogP contribution in [0.3, 0.4) is 0 Å². The van der Waals surface area contributed by atoms with Gasteiger partial charge in [0, 0.05) is 5.56 Å². The van der Waals surface area contributed by atoms with Gasteiger partial charge in [0.2, 0.25) is 0 Å². The number of hydrogen-bond acceptors (Lipinski definition) is 3. The van der Waals surface area contributed by atoms with E-state index >= 15 is 0 Å². The Labute approximate surface area is 104 Å². The largest absolute Gasteiger partial charge is 0.409 e. The van der Waals surface area contributed by atoms with Crippen LogP contribution in [0.1, 0.15) is 29.8 Å². The number of nitrogens with two attached hydrogens (primary N) is 1. The van der Waals surface area contributed by atoms with Gasteiger partial charge in [-0.05, 0) is 38.5 Å². The van der Waals surface area contributed by atoms with E-state index in [1.54, 1.807) is 20.8 Å². The minimum Gasteiger partial charge on any atom is -0.409 e. The van der Waals surface area contributed by atoms with Crippen LogP contribution in [0.25, 0.3) is 0 Å². The molecule has 1 aromatic carbocycles. The molecule has 0 heterocycles. The fourth-order valence-electron chi connectivity index (χ4n) is 1.38. The minimum absolute atomic E-state index is 0.134. The predicted molar refractivity (Wildman–Crippen MR) is 66.1 cm³/mol. The second-order valence-corrected chi connectivity index (χ2v) is 4.52. The van der Waals surface area contributed by atoms with Crippen molar-refractivity contribution in [2.75, 3.05) is 0 Å². The molecule has 0 unspecified atom stereocenters. The number of halogens is 1. The molecule has 0 saturated carbocycles. The fourth-order valence-corrected chi connectivity index (χ4v) is 1.38. The van der Waals surface area contributed by atoms with Gasteiger partial charge in [0.05, 0.1) is 5.54 Å². The van der Waals surface area contributed by atoms with Crippen molar-refractivity contribution in [3.8, 4) is 0 Å². The highest BCUT2D eigenvalue weighted by molar-refractivity contribution is 6.00. The number of nitrogens with one attached hydrogen (secondary N) is 1. The molecule has 18 heavy (non-hydrogen) atoms. The van der Waals surface area contributed by atoms with Gasteiger partial charge in [0.15, 0.2) is 5.84 Å². The average Bonchev–Trinajstić information content (AvgIpc) is 2.30. The zero-order chi connectivity index (χ0) is 13.9. The molecule has 0 spiro atoms. The van der Waals surface area contributed by atoms with Gasteiger partial charge < -0.3 is 16.3 Å². The molecule has 1 rings (SSSR count). The molecule has 0 saturated heterocycles. The van der Waals surface area contributed by atoms with Crippen LogP contribution in [0, 0.1) is 12.7 Å². The quantitative estimate of drug-likeness (QED) is 0.329. The molecule has 0 aliphatic rings. The molecule has 6 heteroatoms. The van der Waals surface area contributed by atoms with Gasteiger partial charge in [-0.25, -0.2) is 4.39 Å². The van der Waals surface area contributed by atoms with Crippen LogP contribution in [-0.4, -0.2) is 22.5 Å². The van der Waals surface area contributed by atoms with Crippen molar-refractivity contribution in [1.82, 2.24) is 5.32 Å². The number of amides is 1. The Balaban J connectivity index is 2.99. The molecule has 5 nitrogen and oxygen atoms in total. The van der Waals surface area contributed by atoms with Gasteiger partial charge >= 0.3 is 0 Å². The summed E-state index contributed by atoms with van der Waals surface area (Å²) in [4.78, 5) is 12.0. The van der Waals surface area contributed by atoms with Gasteiger partial charge in [-0.3, -0.25) is 4.79 Å². The maximum absolute atomic E-state index is 13.1. The van der Waals surface area contributed by atoms with E-state index in [-0.39, 0.29) is 11.4 Å². The number of oxime groups is 1. The van der Waals surface area contributed by atoms with Crippen LogP contribution >= 0.6 is 0 Å². The third-order valence-corrected chi connectivity index (χ3v) is 2.62. The first kappa shape index (κ1) is 14.0. The Hall–Kier alpha value is -2.11. The summed E-state index contributed by atoms with van der Waals surface area (Å²) in [5.74, 6) is -1.11. The molecule has 0 aliphatic carbocycles. The Morgan fingerprint density at radius 3 is 2.67 bits per heavy atom. The highest BCUT2D eigenvalue weighted by Crippen LogP contribution is 2.12. The van der Waals surface area contributed by atoms with Crippen molar-refractivity contribution < 1.29 is 14.4 Å². The minimum atomic E-state index is -1.02. The number of nitrogens with zero attached hydrogens (tertiary/aromatic N) is 1. The molecular weight excluding hydrogens is 237 g/mol. The van der Waals surface area contributed by atoms with Gasteiger partial charge in [-0.15, -0.1) is 0 Å². The second kappa shape index (κ2) is 5.03. The van der Waals surface area contributed by atoms with Crippen molar-refractivity contribution >= 4 is 11.7 Å². The van der Waals surface area contributed by atoms with Gasteiger partial charge in [-0.1, -0.05) is 11.2 Å². The molecule has 98 valence electrons. The standard InChI is InChI=1S/C12H16FN3O2/c1-7-4-5-8(13)6-9(7)10(17)15-12(2,3)11(14)16-18/h4-6,18H,1-3H3,(H2,14,16)(H,15,17). The highest BCUT2D eigenvalue weighted by Gasteiger charge is 2.26. The summed E-state index contributed by atoms with van der Waals surface area (Å²) in [5, 5.41) is 14.0. The SMILES string of the molecule is Cc1ccc(F)cc1C(=O)NC(C)(C)/C(N)=N/O. The summed E-state index contributed by atoms with van der Waals surface area (Å²) in [6.45, 7) is 4.86. The van der Waals surface area contributed by atoms with Crippen LogP contribution in [0.15, 0.2) is 23.4 Å². The molecule has 0 atom stereocenters. The molecule has 4 N–H and O–H groups in total. The molecule has 0 aliphatic heterocycles. The van der Waals surface area contributed by atoms with Crippen LogP contribution < -0.4 is 11.1 Å². The fraction of sp³-hybridized carbons (Fsp3) is 0.333. The molecular formula is C12H16FN3O2. The first-order valence-corrected chi connectivity index (χ1v) is 5.34. The van der Waals surface area contributed by atoms with Crippen molar-refractivity contribution in [3.63, 3.8) is 0 Å². The normalized spacial score (nSPS) is 12.3. The maximum atomic E-state index is 13.1. The van der Waals surface area contributed by atoms with E-state index in [1.807, 2.05) is 0 Å². The lowest BCUT2D eigenvalue weighted by Gasteiger charge is -2.24. The van der Waals surface area contributed by atoms with Crippen LogP contribution in [0.2, 0.25) is 0 Å². The number of amidine groups is 1. The van der Waals surface area contributed by atoms with Crippen molar-refractivity contribution in [1.29, 1.82) is 0 Å². The van der Waals surface area contributed by atoms with E-state index in [2.05, 4.69) is 10.5 Å². The van der Waals surface area contributed by atoms with Crippen molar-refractivity contribution in [2.24, 2.45) is 10.9 Å². The number of aryl methyl sites for hydroxylation is 1. The number of carbonyl (C=O) groups excluding carboxylic acids is 1. The summed E-state index contributed by atoms with van der Waals surface area (Å²) in [5.41, 5.74) is 5.29. The number of carbonyl (C=O) groups is 1. The Bertz CT molecular complexity index is 498. The number of rotatable bonds is 3. The number of hydrogen-bond donors (Lipinski definition) is 3. The van der Waals surface area contributed by atoms with Gasteiger partial charge in [0.25, 0.3) is 5.91 Å². The van der Waals surface area contributed by atoms with E-state index in [0.717, 1.165) is 6.07 Å². The molecule has 1 amide bonds. The Morgan fingerprint density at radius 1 is 1.50 bits per heavy atom. The number of benzene rings is 1. The zero-order valence-electron chi connectivity index (χ0n) is 10.5. The predicted octanol–water partition coefficient (Wildman–Crippen LogP) is 1.39. The Morgan fingerprint density at radius 2 is 2.11 bits per heavy atom. The molecule has 0 radical (unpaired) electrons. The summed E-state index contributed by atoms with van der Waals surface area (Å²) in [7, 11) is 0. The van der Waals surface area contributed by atoms with Crippen LogP contribution in [0.4, 0.5) is 4.39 Å². The first-order valence-electron chi connectivity index (χ1n) is 5.34. The van der Waals surface area contributed by atoms with Gasteiger partial charge in [-0.2, -0.15) is 0 Å². The summed E-state index contributed by atoms with van der Waals surface area (Å²) in [6.07, 6.45) is 0. The van der Waals surface area contributed by atoms with Crippen molar-refractivity contribution in [3.05, 3.63) is 35.1 Å². The lowest BCUT2D eigenvalue weighted by molar-refractivity contribution is 0.0929. The van der Waals surface area contributed by atoms with E-state index in [4.69, 9.17) is 10.9 Å². The topological polar surface area (TPSA) is 87.7 Å². The Kier molecular flexibility index (Phi) is 3.90. The molecule has 0 bridgehead atoms. The lowest BCUT2D eigenvalue weighted by Crippen LogP contribution is -2.53. The van der Waals surface area contributed by atoms with E-state index in [9.17, 15) is 9.18 Å². The highest BCUT2D eigenvalue weighted by atomic mass is 19.1. The lowest BCUT2D eigenvalue weighted by atomic mass is 10.0. The van der Waals surface area contributed by atoms with E-state index in [1.165, 1.54) is 12.1 Å². The molecule has 0 fully saturated rings. The second-order valence-electron chi connectivity index (χ2n) is 4.52. The summed E-state index contributed by atoms with van der Waals surface area (Å²) >= 11 is 0. The summed E-state index contributed by atoms with van der Waals surface area (Å²) < 4.78 is 13.1. The van der Waals surface area contributed by atoms with Crippen LogP contribution in [0.5, 0.6) is 0 Å². The third kappa shape index (κ3) is 2.97. The maximum Gasteiger partial charge on any atom is 0.252 e. The van der Waals surface area contributed by atoms with E-state index in [0.29, 0.717) is 5.56 Å². The molecule has 1 aromatic rings. The van der Waals surface area contributed by atoms with E-state index < -0.39 is 17.3 Å². The van der Waals surface area contributed by atoms with Crippen LogP contribution in [-0.2, 0) is 0 Å². The van der Waals surface area contributed by atoms with Gasteiger partial charge in [0.1, 0.15) is 5.82 Å². The molecule has 0 aromatic heterocycles. The summed E-state index contributed by atoms with van der Waals surface area (Å²) in [6, 6.07) is 3.94. The first-order chi connectivity index (χ1) is 8.27. The smallest absolute Gasteiger partial charge is 0.252 e. The average molecular weight is 253 g/mol. The third-order valence-electron chi connectivity index (χ3n) is 2.62.